The van der Waals surface area contributed by atoms with Crippen LogP contribution in [0.25, 0.3) is 0 Å². The van der Waals surface area contributed by atoms with Gasteiger partial charge in [-0.25, -0.2) is 9.78 Å². The maximum Gasteiger partial charge on any atom is 0.326 e. The van der Waals surface area contributed by atoms with Gasteiger partial charge in [0.1, 0.15) is 12.1 Å². The van der Waals surface area contributed by atoms with Gasteiger partial charge in [-0.1, -0.05) is 0 Å². The minimum Gasteiger partial charge on any atom is -0.480 e. The molecule has 0 aromatic carbocycles. The Morgan fingerprint density at radius 2 is 2.20 bits per heavy atom. The normalized spacial score (nSPS) is 24.2. The molecule has 2 saturated heterocycles. The van der Waals surface area contributed by atoms with Gasteiger partial charge in [-0.15, -0.1) is 0 Å². The average Bonchev–Trinajstić information content (AvgIpc) is 3.33. The van der Waals surface area contributed by atoms with Crippen molar-refractivity contribution in [1.82, 2.24) is 25.5 Å². The zero-order valence-electron chi connectivity index (χ0n) is 13.9. The van der Waals surface area contributed by atoms with E-state index in [1.807, 2.05) is 0 Å². The van der Waals surface area contributed by atoms with Crippen LogP contribution in [0.1, 0.15) is 31.4 Å². The molecule has 1 aromatic rings. The molecule has 0 bridgehead atoms. The molecule has 136 valence electrons. The first-order chi connectivity index (χ1) is 12.1. The summed E-state index contributed by atoms with van der Waals surface area (Å²) in [5.74, 6) is -1.58. The van der Waals surface area contributed by atoms with Crippen LogP contribution in [0, 0.1) is 0 Å². The number of H-pyrrole nitrogens is 1. The number of rotatable bonds is 6. The Morgan fingerprint density at radius 1 is 1.36 bits per heavy atom. The third kappa shape index (κ3) is 3.98. The van der Waals surface area contributed by atoms with Crippen molar-refractivity contribution in [2.24, 2.45) is 0 Å². The van der Waals surface area contributed by atoms with E-state index in [0.717, 1.165) is 19.4 Å². The molecule has 9 nitrogen and oxygen atoms in total. The summed E-state index contributed by atoms with van der Waals surface area (Å²) in [6.45, 7) is 1.18. The molecular weight excluding hydrogens is 326 g/mol. The molecule has 3 unspecified atom stereocenters. The van der Waals surface area contributed by atoms with E-state index in [-0.39, 0.29) is 24.3 Å². The van der Waals surface area contributed by atoms with Gasteiger partial charge in [0.05, 0.1) is 12.4 Å². The van der Waals surface area contributed by atoms with E-state index in [4.69, 9.17) is 0 Å². The fraction of sp³-hybridized carbons (Fsp3) is 0.625. The predicted molar refractivity (Wildman–Crippen MR) is 87.6 cm³/mol. The smallest absolute Gasteiger partial charge is 0.326 e. The summed E-state index contributed by atoms with van der Waals surface area (Å²) in [4.78, 5) is 45.0. The first-order valence-electron chi connectivity index (χ1n) is 8.60. The van der Waals surface area contributed by atoms with Crippen LogP contribution in [-0.4, -0.2) is 69.0 Å². The molecule has 2 amide bonds. The molecule has 9 heteroatoms. The standard InChI is InChI=1S/C16H23N5O4/c22-14(11-3-1-5-18-11)20-12(7-10-8-17-9-19-10)15(23)21-6-2-4-13(21)16(24)25/h8-9,11-13,18H,1-7H2,(H,17,19)(H,20,22)(H,24,25). The molecule has 3 heterocycles. The van der Waals surface area contributed by atoms with Crippen LogP contribution < -0.4 is 10.6 Å². The number of aliphatic carboxylic acids is 1. The highest BCUT2D eigenvalue weighted by Gasteiger charge is 2.38. The number of carboxylic acids is 1. The van der Waals surface area contributed by atoms with Crippen molar-refractivity contribution in [3.8, 4) is 0 Å². The lowest BCUT2D eigenvalue weighted by atomic mass is 10.1. The summed E-state index contributed by atoms with van der Waals surface area (Å²) in [7, 11) is 0. The van der Waals surface area contributed by atoms with Gasteiger partial charge in [0.2, 0.25) is 11.8 Å². The van der Waals surface area contributed by atoms with Crippen molar-refractivity contribution in [3.05, 3.63) is 18.2 Å². The van der Waals surface area contributed by atoms with Crippen LogP contribution in [-0.2, 0) is 20.8 Å². The van der Waals surface area contributed by atoms with Crippen LogP contribution in [0.3, 0.4) is 0 Å². The van der Waals surface area contributed by atoms with Crippen LogP contribution in [0.5, 0.6) is 0 Å². The number of aromatic amines is 1. The van der Waals surface area contributed by atoms with Crippen molar-refractivity contribution >= 4 is 17.8 Å². The van der Waals surface area contributed by atoms with E-state index in [2.05, 4.69) is 20.6 Å². The van der Waals surface area contributed by atoms with Gasteiger partial charge in [0.15, 0.2) is 0 Å². The first kappa shape index (κ1) is 17.4. The highest BCUT2D eigenvalue weighted by Crippen LogP contribution is 2.19. The lowest BCUT2D eigenvalue weighted by Gasteiger charge is -2.28. The lowest BCUT2D eigenvalue weighted by molar-refractivity contribution is -0.149. The first-order valence-corrected chi connectivity index (χ1v) is 8.60. The number of aromatic nitrogens is 2. The molecule has 0 aliphatic carbocycles. The fourth-order valence-electron chi connectivity index (χ4n) is 3.48. The molecular formula is C16H23N5O4. The summed E-state index contributed by atoms with van der Waals surface area (Å²) in [6.07, 6.45) is 6.10. The number of carboxylic acid groups (broad SMARTS) is 1. The third-order valence-electron chi connectivity index (χ3n) is 4.79. The maximum absolute atomic E-state index is 12.9. The highest BCUT2D eigenvalue weighted by molar-refractivity contribution is 5.92. The van der Waals surface area contributed by atoms with Crippen molar-refractivity contribution in [2.45, 2.75) is 50.2 Å². The van der Waals surface area contributed by atoms with E-state index < -0.39 is 18.1 Å². The second-order valence-corrected chi connectivity index (χ2v) is 6.52. The number of likely N-dealkylation sites (tertiary alicyclic amines) is 1. The summed E-state index contributed by atoms with van der Waals surface area (Å²) in [5, 5.41) is 15.2. The third-order valence-corrected chi connectivity index (χ3v) is 4.79. The van der Waals surface area contributed by atoms with Gasteiger partial charge in [0, 0.05) is 24.9 Å². The Morgan fingerprint density at radius 3 is 2.84 bits per heavy atom. The zero-order chi connectivity index (χ0) is 17.8. The number of nitrogens with one attached hydrogen (secondary N) is 3. The van der Waals surface area contributed by atoms with E-state index in [1.54, 1.807) is 6.20 Å². The Balaban J connectivity index is 1.73. The quantitative estimate of drug-likeness (QED) is 0.536. The number of imidazole rings is 1. The molecule has 4 N–H and O–H groups in total. The van der Waals surface area contributed by atoms with E-state index >= 15 is 0 Å². The zero-order valence-corrected chi connectivity index (χ0v) is 13.9. The molecule has 2 aliphatic heterocycles. The number of hydrogen-bond acceptors (Lipinski definition) is 5. The number of nitrogens with zero attached hydrogens (tertiary/aromatic N) is 2. The monoisotopic (exact) mass is 349 g/mol. The SMILES string of the molecule is O=C(NC(Cc1cnc[nH]1)C(=O)N1CCCC1C(=O)O)C1CCCN1. The van der Waals surface area contributed by atoms with Gasteiger partial charge >= 0.3 is 5.97 Å². The fourth-order valence-corrected chi connectivity index (χ4v) is 3.48. The summed E-state index contributed by atoms with van der Waals surface area (Å²) in [6, 6.07) is -1.93. The topological polar surface area (TPSA) is 127 Å². The minimum atomic E-state index is -1.00. The second kappa shape index (κ2) is 7.64. The van der Waals surface area contributed by atoms with E-state index in [0.29, 0.717) is 25.1 Å². The second-order valence-electron chi connectivity index (χ2n) is 6.52. The summed E-state index contributed by atoms with van der Waals surface area (Å²) >= 11 is 0. The largest absolute Gasteiger partial charge is 0.480 e. The van der Waals surface area contributed by atoms with Crippen molar-refractivity contribution in [3.63, 3.8) is 0 Å². The number of amides is 2. The van der Waals surface area contributed by atoms with Gasteiger partial charge < -0.3 is 25.6 Å². The molecule has 25 heavy (non-hydrogen) atoms. The number of hydrogen-bond donors (Lipinski definition) is 4. The van der Waals surface area contributed by atoms with Crippen LogP contribution in [0.2, 0.25) is 0 Å². The Bertz CT molecular complexity index is 626. The van der Waals surface area contributed by atoms with Gasteiger partial charge in [-0.05, 0) is 32.2 Å². The predicted octanol–water partition coefficient (Wildman–Crippen LogP) is -0.735. The van der Waals surface area contributed by atoms with Gasteiger partial charge in [0.25, 0.3) is 0 Å². The lowest BCUT2D eigenvalue weighted by Crippen LogP contribution is -2.55. The molecule has 0 spiro atoms. The Kier molecular flexibility index (Phi) is 5.32. The van der Waals surface area contributed by atoms with Crippen molar-refractivity contribution in [2.75, 3.05) is 13.1 Å². The highest BCUT2D eigenvalue weighted by atomic mass is 16.4. The Labute approximate surface area is 145 Å². The molecule has 2 fully saturated rings. The van der Waals surface area contributed by atoms with Crippen molar-refractivity contribution < 1.29 is 19.5 Å². The van der Waals surface area contributed by atoms with Crippen LogP contribution >= 0.6 is 0 Å². The summed E-state index contributed by atoms with van der Waals surface area (Å²) < 4.78 is 0. The van der Waals surface area contributed by atoms with Crippen LogP contribution in [0.15, 0.2) is 12.5 Å². The maximum atomic E-state index is 12.9. The molecule has 3 rings (SSSR count). The average molecular weight is 349 g/mol. The van der Waals surface area contributed by atoms with E-state index in [9.17, 15) is 19.5 Å². The number of carbonyl (C=O) groups excluding carboxylic acids is 2. The van der Waals surface area contributed by atoms with Gasteiger partial charge in [-0.2, -0.15) is 0 Å². The number of carbonyl (C=O) groups is 3. The molecule has 2 aliphatic rings. The van der Waals surface area contributed by atoms with Crippen molar-refractivity contribution in [1.29, 1.82) is 0 Å². The Hall–Kier alpha value is -2.42. The minimum absolute atomic E-state index is 0.221. The molecule has 3 atom stereocenters. The summed E-state index contributed by atoms with van der Waals surface area (Å²) in [5.41, 5.74) is 0.712. The molecule has 0 radical (unpaired) electrons. The van der Waals surface area contributed by atoms with E-state index in [1.165, 1.54) is 11.2 Å². The van der Waals surface area contributed by atoms with Gasteiger partial charge in [-0.3, -0.25) is 9.59 Å². The molecule has 0 saturated carbocycles. The van der Waals surface area contributed by atoms with Crippen LogP contribution in [0.4, 0.5) is 0 Å². The molecule has 1 aromatic heterocycles.